The van der Waals surface area contributed by atoms with Crippen LogP contribution in [0.5, 0.6) is 11.5 Å². The summed E-state index contributed by atoms with van der Waals surface area (Å²) in [5.74, 6) is -0.676. The van der Waals surface area contributed by atoms with Gasteiger partial charge in [-0.2, -0.15) is 0 Å². The number of phenols is 2. The van der Waals surface area contributed by atoms with E-state index in [4.69, 9.17) is 16.1 Å². The summed E-state index contributed by atoms with van der Waals surface area (Å²) in [7, 11) is 2.10. The highest BCUT2D eigenvalue weighted by molar-refractivity contribution is 6.32. The molecule has 0 unspecified atom stereocenters. The Morgan fingerprint density at radius 2 is 1.91 bits per heavy atom. The Hall–Kier alpha value is -3.23. The van der Waals surface area contributed by atoms with Crippen molar-refractivity contribution >= 4 is 23.2 Å². The van der Waals surface area contributed by atoms with Gasteiger partial charge in [0.05, 0.1) is 16.1 Å². The first-order valence-electron chi connectivity index (χ1n) is 10.4. The van der Waals surface area contributed by atoms with Gasteiger partial charge in [-0.05, 0) is 37.7 Å². The molecule has 0 aliphatic carbocycles. The van der Waals surface area contributed by atoms with E-state index in [2.05, 4.69) is 27.3 Å². The first kappa shape index (κ1) is 22.0. The highest BCUT2D eigenvalue weighted by Gasteiger charge is 2.27. The maximum absolute atomic E-state index is 12.7. The summed E-state index contributed by atoms with van der Waals surface area (Å²) in [6.07, 6.45) is 0. The summed E-state index contributed by atoms with van der Waals surface area (Å²) in [5.41, 5.74) is 2.54. The fourth-order valence-corrected chi connectivity index (χ4v) is 3.96. The molecule has 0 spiro atoms. The third-order valence-electron chi connectivity index (χ3n) is 5.56. The molecule has 2 heterocycles. The molecule has 8 nitrogen and oxygen atoms in total. The largest absolute Gasteiger partial charge is 0.507 e. The number of phenolic OH excluding ortho intramolecular Hbond substituents is 2. The second-order valence-corrected chi connectivity index (χ2v) is 8.16. The summed E-state index contributed by atoms with van der Waals surface area (Å²) >= 11 is 6.08. The summed E-state index contributed by atoms with van der Waals surface area (Å²) < 4.78 is 5.55. The molecule has 1 aromatic heterocycles. The molecular weight excluding hydrogens is 432 g/mol. The van der Waals surface area contributed by atoms with E-state index in [0.717, 1.165) is 43.5 Å². The number of hydrogen-bond acceptors (Lipinski definition) is 7. The molecule has 0 atom stereocenters. The first-order chi connectivity index (χ1) is 15.4. The lowest BCUT2D eigenvalue weighted by Crippen LogP contribution is -2.44. The molecular formula is C23H25ClN4O4. The van der Waals surface area contributed by atoms with Crippen LogP contribution >= 0.6 is 11.6 Å². The number of aromatic hydroxyl groups is 2. The number of amides is 1. The van der Waals surface area contributed by atoms with Crippen LogP contribution < -0.4 is 10.2 Å². The lowest BCUT2D eigenvalue weighted by molar-refractivity contribution is 0.0947. The number of rotatable bonds is 5. The first-order valence-corrected chi connectivity index (χ1v) is 10.8. The van der Waals surface area contributed by atoms with Gasteiger partial charge >= 0.3 is 0 Å². The van der Waals surface area contributed by atoms with Crippen molar-refractivity contribution in [3.05, 3.63) is 47.1 Å². The molecule has 1 aliphatic rings. The zero-order chi connectivity index (χ0) is 22.8. The van der Waals surface area contributed by atoms with E-state index >= 15 is 0 Å². The van der Waals surface area contributed by atoms with Crippen molar-refractivity contribution < 1.29 is 19.5 Å². The number of nitrogens with one attached hydrogen (secondary N) is 1. The van der Waals surface area contributed by atoms with E-state index < -0.39 is 0 Å². The van der Waals surface area contributed by atoms with Crippen LogP contribution in [0, 0.1) is 0 Å². The van der Waals surface area contributed by atoms with Crippen molar-refractivity contribution in [1.29, 1.82) is 0 Å². The van der Waals surface area contributed by atoms with Crippen LogP contribution in [0.3, 0.4) is 0 Å². The summed E-state index contributed by atoms with van der Waals surface area (Å²) in [4.78, 5) is 17.3. The van der Waals surface area contributed by atoms with Gasteiger partial charge in [0.25, 0.3) is 5.91 Å². The molecule has 168 valence electrons. The van der Waals surface area contributed by atoms with Gasteiger partial charge in [-0.3, -0.25) is 4.79 Å². The molecule has 3 aromatic rings. The van der Waals surface area contributed by atoms with Gasteiger partial charge in [0, 0.05) is 44.5 Å². The van der Waals surface area contributed by atoms with E-state index in [9.17, 15) is 15.0 Å². The predicted molar refractivity (Wildman–Crippen MR) is 123 cm³/mol. The van der Waals surface area contributed by atoms with Crippen LogP contribution in [0.1, 0.15) is 17.4 Å². The second-order valence-electron chi connectivity index (χ2n) is 7.76. The van der Waals surface area contributed by atoms with Gasteiger partial charge in [0.1, 0.15) is 11.5 Å². The van der Waals surface area contributed by atoms with Crippen LogP contribution in [0.25, 0.3) is 22.5 Å². The van der Waals surface area contributed by atoms with E-state index in [1.165, 1.54) is 6.07 Å². The highest BCUT2D eigenvalue weighted by atomic mass is 35.5. The van der Waals surface area contributed by atoms with Crippen LogP contribution in [0.15, 0.2) is 40.9 Å². The van der Waals surface area contributed by atoms with Crippen LogP contribution in [-0.4, -0.2) is 65.9 Å². The molecule has 4 rings (SSSR count). The predicted octanol–water partition coefficient (Wildman–Crippen LogP) is 3.57. The third kappa shape index (κ3) is 4.24. The lowest BCUT2D eigenvalue weighted by atomic mass is 9.97. The SMILES string of the molecule is CCNC(=O)c1noc(-c2cc(Cl)c(O)cc2O)c1-c1cccc(N2CCN(C)CC2)c1. The Balaban J connectivity index is 1.84. The molecule has 2 aromatic carbocycles. The number of benzene rings is 2. The van der Waals surface area contributed by atoms with E-state index in [-0.39, 0.29) is 39.4 Å². The molecule has 1 amide bonds. The molecule has 3 N–H and O–H groups in total. The Morgan fingerprint density at radius 1 is 1.16 bits per heavy atom. The van der Waals surface area contributed by atoms with Crippen molar-refractivity contribution in [3.63, 3.8) is 0 Å². The van der Waals surface area contributed by atoms with E-state index in [1.54, 1.807) is 0 Å². The Bertz CT molecular complexity index is 1140. The maximum Gasteiger partial charge on any atom is 0.274 e. The number of hydrogen-bond donors (Lipinski definition) is 3. The Kier molecular flexibility index (Phi) is 6.25. The van der Waals surface area contributed by atoms with Crippen LogP contribution in [-0.2, 0) is 0 Å². The smallest absolute Gasteiger partial charge is 0.274 e. The van der Waals surface area contributed by atoms with Crippen molar-refractivity contribution in [2.75, 3.05) is 44.7 Å². The highest BCUT2D eigenvalue weighted by Crippen LogP contribution is 2.43. The fraction of sp³-hybridized carbons (Fsp3) is 0.304. The number of nitrogens with zero attached hydrogens (tertiary/aromatic N) is 3. The molecule has 0 saturated carbocycles. The van der Waals surface area contributed by atoms with Gasteiger partial charge in [-0.25, -0.2) is 0 Å². The minimum atomic E-state index is -0.383. The minimum absolute atomic E-state index is 0.0471. The maximum atomic E-state index is 12.7. The number of aromatic nitrogens is 1. The number of likely N-dealkylation sites (N-methyl/N-ethyl adjacent to an activating group) is 1. The van der Waals surface area contributed by atoms with Crippen molar-refractivity contribution in [1.82, 2.24) is 15.4 Å². The third-order valence-corrected chi connectivity index (χ3v) is 5.86. The van der Waals surface area contributed by atoms with Gasteiger partial charge in [-0.1, -0.05) is 28.9 Å². The minimum Gasteiger partial charge on any atom is -0.507 e. The number of piperazine rings is 1. The molecule has 0 radical (unpaired) electrons. The zero-order valence-electron chi connectivity index (χ0n) is 17.9. The molecule has 1 fully saturated rings. The van der Waals surface area contributed by atoms with Gasteiger partial charge in [0.2, 0.25) is 0 Å². The van der Waals surface area contributed by atoms with E-state index in [1.807, 2.05) is 31.2 Å². The van der Waals surface area contributed by atoms with Crippen LogP contribution in [0.2, 0.25) is 5.02 Å². The lowest BCUT2D eigenvalue weighted by Gasteiger charge is -2.34. The molecule has 0 bridgehead atoms. The summed E-state index contributed by atoms with van der Waals surface area (Å²) in [6.45, 7) is 5.97. The van der Waals surface area contributed by atoms with Crippen molar-refractivity contribution in [2.45, 2.75) is 6.92 Å². The Labute approximate surface area is 191 Å². The monoisotopic (exact) mass is 456 g/mol. The van der Waals surface area contributed by atoms with Crippen LogP contribution in [0.4, 0.5) is 5.69 Å². The van der Waals surface area contributed by atoms with Crippen molar-refractivity contribution in [3.8, 4) is 33.9 Å². The summed E-state index contributed by atoms with van der Waals surface area (Å²) in [5, 5.41) is 27.1. The van der Waals surface area contributed by atoms with E-state index in [0.29, 0.717) is 12.1 Å². The zero-order valence-corrected chi connectivity index (χ0v) is 18.7. The second kappa shape index (κ2) is 9.10. The Morgan fingerprint density at radius 3 is 2.62 bits per heavy atom. The molecule has 1 aliphatic heterocycles. The standard InChI is InChI=1S/C23H25ClN4O4/c1-3-25-23(31)21-20(22(32-26-21)16-12-17(24)19(30)13-18(16)29)14-5-4-6-15(11-14)28-9-7-27(2)8-10-28/h4-6,11-13,29-30H,3,7-10H2,1-2H3,(H,25,31). The fourth-order valence-electron chi connectivity index (χ4n) is 3.80. The number of carbonyl (C=O) groups excluding carboxylic acids is 1. The number of anilines is 1. The average Bonchev–Trinajstić information content (AvgIpc) is 3.22. The van der Waals surface area contributed by atoms with Crippen molar-refractivity contribution in [2.24, 2.45) is 0 Å². The normalized spacial score (nSPS) is 14.5. The average molecular weight is 457 g/mol. The molecule has 1 saturated heterocycles. The molecule has 32 heavy (non-hydrogen) atoms. The number of carbonyl (C=O) groups is 1. The quantitative estimate of drug-likeness (QED) is 0.539. The summed E-state index contributed by atoms with van der Waals surface area (Å²) in [6, 6.07) is 10.3. The van der Waals surface area contributed by atoms with Gasteiger partial charge in [-0.15, -0.1) is 0 Å². The molecule has 9 heteroatoms. The van der Waals surface area contributed by atoms with Gasteiger partial charge in [0.15, 0.2) is 11.5 Å². The topological polar surface area (TPSA) is 102 Å². The van der Waals surface area contributed by atoms with Gasteiger partial charge < -0.3 is 29.9 Å². The number of halogens is 1.